The topological polar surface area (TPSA) is 0 Å². The molecule has 0 aliphatic heterocycles. The summed E-state index contributed by atoms with van der Waals surface area (Å²) in [5, 5.41) is 1.50. The zero-order chi connectivity index (χ0) is 35.6. The molecule has 0 aromatic heterocycles. The number of fused-ring (bicyclic) bond motifs is 5. The third-order valence-electron chi connectivity index (χ3n) is 12.8. The van der Waals surface area contributed by atoms with Gasteiger partial charge in [-0.3, -0.25) is 0 Å². The minimum absolute atomic E-state index is 0. The summed E-state index contributed by atoms with van der Waals surface area (Å²) in [6.45, 7) is 18.9. The normalized spacial score (nSPS) is 19.1. The first-order valence-corrected chi connectivity index (χ1v) is 25.6. The number of rotatable bonds is 5. The quantitative estimate of drug-likeness (QED) is 0.165. The van der Waals surface area contributed by atoms with E-state index in [0.29, 0.717) is 0 Å². The first-order valence-electron chi connectivity index (χ1n) is 18.2. The van der Waals surface area contributed by atoms with E-state index in [-0.39, 0.29) is 47.0 Å². The Bertz CT molecular complexity index is 2310. The molecule has 0 bridgehead atoms. The maximum atomic E-state index is 6.97. The van der Waals surface area contributed by atoms with Crippen LogP contribution in [0.25, 0.3) is 23.3 Å². The molecule has 4 aliphatic carbocycles. The summed E-state index contributed by atoms with van der Waals surface area (Å²) in [6.07, 6.45) is 14.3. The standard InChI is InChI=1S/C23H21.C11H17.2C6H4Cl.CH2.2ClH.Zr/c1-22(2)7-5-14-10-18-16(12-20(14)22)9-17-13-21-15(11-19(17)18)6-8-23(21,3)4;1-5-9-6-7-10(8-9)11(2,3)4;2*7-6-4-2-1-3-5-6;;;;/h5-7,10-13H,9H2,1-4H3;7-9H,5H2,1-4H3;2*1-2,4-5H;1H2;2*1H;. The van der Waals surface area contributed by atoms with Gasteiger partial charge in [-0.05, 0) is 0 Å². The fourth-order valence-corrected chi connectivity index (χ4v) is 29.0. The van der Waals surface area contributed by atoms with Crippen molar-refractivity contribution in [2.75, 3.05) is 0 Å². The zero-order valence-corrected chi connectivity index (χ0v) is 37.2. The van der Waals surface area contributed by atoms with Crippen molar-refractivity contribution in [2.45, 2.75) is 79.1 Å². The molecule has 0 N–H and O–H groups in total. The van der Waals surface area contributed by atoms with Crippen LogP contribution in [0.15, 0.2) is 103 Å². The molecule has 0 saturated carbocycles. The monoisotopic (exact) mass is 844 g/mol. The summed E-state index contributed by atoms with van der Waals surface area (Å²) < 4.78 is 11.2. The van der Waals surface area contributed by atoms with Crippen LogP contribution >= 0.6 is 48.0 Å². The molecule has 0 amide bonds. The number of allylic oxidation sites excluding steroid dienone is 6. The summed E-state index contributed by atoms with van der Waals surface area (Å²) in [4.78, 5) is 0. The molecule has 270 valence electrons. The van der Waals surface area contributed by atoms with Crippen molar-refractivity contribution in [3.63, 3.8) is 0 Å². The van der Waals surface area contributed by atoms with E-state index in [0.717, 1.165) is 22.9 Å². The Morgan fingerprint density at radius 2 is 1.33 bits per heavy atom. The molecule has 0 fully saturated rings. The van der Waals surface area contributed by atoms with Gasteiger partial charge in [-0.25, -0.2) is 0 Å². The maximum absolute atomic E-state index is 6.97. The van der Waals surface area contributed by atoms with Gasteiger partial charge < -0.3 is 0 Å². The molecular weight excluding hydrogens is 798 g/mol. The van der Waals surface area contributed by atoms with Crippen LogP contribution < -0.4 is 6.54 Å². The minimum atomic E-state index is -5.12. The van der Waals surface area contributed by atoms with Crippen molar-refractivity contribution in [3.8, 4) is 11.1 Å². The molecule has 8 rings (SSSR count). The number of halogens is 4. The Hall–Kier alpha value is -2.25. The molecule has 0 spiro atoms. The average Bonchev–Trinajstić information content (AvgIpc) is 3.80. The summed E-state index contributed by atoms with van der Waals surface area (Å²) in [5.74, 6) is 0.266. The van der Waals surface area contributed by atoms with Crippen LogP contribution in [0.5, 0.6) is 0 Å². The van der Waals surface area contributed by atoms with E-state index in [9.17, 15) is 0 Å². The molecule has 1 unspecified atom stereocenters. The SMILES string of the molecule is Cl.Cl.[CH2]=[Zr]([C]1=CC(C(C)(C)C)=CC1CC)([C]1=Cc2cc3c(cc2C1(C)C)Cc1cc2c(cc1-3)C=CC2(C)C)([c]1cccc(Cl)c1)[c]1cccc(Cl)c1. The zero-order valence-electron chi connectivity index (χ0n) is 31.6. The summed E-state index contributed by atoms with van der Waals surface area (Å²) in [5.41, 5.74) is 12.3. The van der Waals surface area contributed by atoms with Crippen LogP contribution in [0.3, 0.4) is 0 Å². The number of benzene rings is 4. The molecule has 1 atom stereocenters. The van der Waals surface area contributed by atoms with Crippen molar-refractivity contribution < 1.29 is 18.3 Å². The Labute approximate surface area is 334 Å². The van der Waals surface area contributed by atoms with E-state index < -0.39 is 18.3 Å². The van der Waals surface area contributed by atoms with Crippen LogP contribution in [0.4, 0.5) is 0 Å². The van der Waals surface area contributed by atoms with E-state index in [4.69, 9.17) is 27.4 Å². The van der Waals surface area contributed by atoms with Crippen LogP contribution in [0.2, 0.25) is 10.0 Å². The van der Waals surface area contributed by atoms with Crippen molar-refractivity contribution in [1.82, 2.24) is 0 Å². The molecule has 5 heteroatoms. The van der Waals surface area contributed by atoms with Gasteiger partial charge in [-0.2, -0.15) is 0 Å². The molecule has 0 heterocycles. The number of hydrogen-bond donors (Lipinski definition) is 0. The van der Waals surface area contributed by atoms with Gasteiger partial charge in [0.2, 0.25) is 0 Å². The summed E-state index contributed by atoms with van der Waals surface area (Å²) in [7, 11) is 0. The van der Waals surface area contributed by atoms with Crippen LogP contribution in [0.1, 0.15) is 95.2 Å². The third-order valence-corrected chi connectivity index (χ3v) is 30.3. The van der Waals surface area contributed by atoms with Gasteiger partial charge in [0.05, 0.1) is 0 Å². The molecule has 0 saturated heterocycles. The molecule has 0 nitrogen and oxygen atoms in total. The fourth-order valence-electron chi connectivity index (χ4n) is 10.0. The molecular formula is C47H50Cl4Zr. The summed E-state index contributed by atoms with van der Waals surface area (Å²) in [6, 6.07) is 27.3. The van der Waals surface area contributed by atoms with Crippen molar-refractivity contribution in [1.29, 1.82) is 0 Å². The van der Waals surface area contributed by atoms with Crippen molar-refractivity contribution in [2.24, 2.45) is 11.3 Å². The van der Waals surface area contributed by atoms with Crippen molar-refractivity contribution >= 4 is 70.9 Å². The molecule has 4 aliphatic rings. The third kappa shape index (κ3) is 5.50. The number of hydrogen-bond acceptors (Lipinski definition) is 0. The molecule has 52 heavy (non-hydrogen) atoms. The van der Waals surface area contributed by atoms with Gasteiger partial charge in [0, 0.05) is 0 Å². The van der Waals surface area contributed by atoms with Gasteiger partial charge in [0.1, 0.15) is 0 Å². The van der Waals surface area contributed by atoms with E-state index in [1.807, 2.05) is 12.1 Å². The van der Waals surface area contributed by atoms with Crippen LogP contribution in [-0.4, -0.2) is 4.21 Å². The van der Waals surface area contributed by atoms with Crippen molar-refractivity contribution in [3.05, 3.63) is 147 Å². The second-order valence-corrected chi connectivity index (χ2v) is 31.2. The van der Waals surface area contributed by atoms with Gasteiger partial charge in [-0.15, -0.1) is 24.8 Å². The second kappa shape index (κ2) is 12.9. The predicted molar refractivity (Wildman–Crippen MR) is 231 cm³/mol. The first-order chi connectivity index (χ1) is 23.5. The Morgan fingerprint density at radius 1 is 0.769 bits per heavy atom. The van der Waals surface area contributed by atoms with E-state index >= 15 is 0 Å². The second-order valence-electron chi connectivity index (χ2n) is 17.6. The molecule has 4 aromatic carbocycles. The Kier molecular flexibility index (Phi) is 9.80. The van der Waals surface area contributed by atoms with Gasteiger partial charge >= 0.3 is 313 Å². The van der Waals surface area contributed by atoms with E-state index in [1.54, 1.807) is 0 Å². The van der Waals surface area contributed by atoms with E-state index in [2.05, 4.69) is 146 Å². The van der Waals surface area contributed by atoms with Gasteiger partial charge in [-0.1, -0.05) is 0 Å². The van der Waals surface area contributed by atoms with Crippen LogP contribution in [0, 0.1) is 11.3 Å². The first kappa shape index (κ1) is 39.4. The van der Waals surface area contributed by atoms with Crippen LogP contribution in [-0.2, 0) is 35.5 Å². The predicted octanol–water partition coefficient (Wildman–Crippen LogP) is 13.0. The molecule has 4 aromatic rings. The van der Waals surface area contributed by atoms with Gasteiger partial charge in [0.25, 0.3) is 0 Å². The Morgan fingerprint density at radius 3 is 1.87 bits per heavy atom. The van der Waals surface area contributed by atoms with Gasteiger partial charge in [0.15, 0.2) is 0 Å². The fraction of sp³-hybridized carbons (Fsp3) is 0.298. The molecule has 0 radical (unpaired) electrons. The average molecular weight is 848 g/mol. The van der Waals surface area contributed by atoms with E-state index in [1.165, 1.54) is 63.2 Å². The summed E-state index contributed by atoms with van der Waals surface area (Å²) >= 11 is 8.83. The Balaban J connectivity index is 0.00000232.